The van der Waals surface area contributed by atoms with E-state index in [9.17, 15) is 0 Å². The van der Waals surface area contributed by atoms with Gasteiger partial charge in [-0.25, -0.2) is 0 Å². The van der Waals surface area contributed by atoms with Crippen LogP contribution in [0.3, 0.4) is 0 Å². The first-order valence-electron chi connectivity index (χ1n) is 6.54. The van der Waals surface area contributed by atoms with Crippen molar-refractivity contribution in [3.8, 4) is 5.75 Å². The van der Waals surface area contributed by atoms with Gasteiger partial charge in [0.1, 0.15) is 5.75 Å². The molecule has 0 radical (unpaired) electrons. The number of nitrogens with one attached hydrogen (secondary N) is 1. The second-order valence-corrected chi connectivity index (χ2v) is 4.80. The predicted octanol–water partition coefficient (Wildman–Crippen LogP) is 3.78. The van der Waals surface area contributed by atoms with Crippen molar-refractivity contribution in [2.45, 2.75) is 39.7 Å². The molecule has 0 saturated heterocycles. The monoisotopic (exact) mass is 235 g/mol. The smallest absolute Gasteiger partial charge is 0.119 e. The molecule has 1 aromatic rings. The van der Waals surface area contributed by atoms with Crippen LogP contribution in [0.2, 0.25) is 0 Å². The zero-order chi connectivity index (χ0) is 12.7. The van der Waals surface area contributed by atoms with E-state index in [4.69, 9.17) is 4.74 Å². The Morgan fingerprint density at radius 3 is 2.71 bits per heavy atom. The number of methoxy groups -OCH3 is 1. The lowest BCUT2D eigenvalue weighted by atomic mass is 10.0. The fraction of sp³-hybridized carbons (Fsp3) is 0.600. The summed E-state index contributed by atoms with van der Waals surface area (Å²) in [6, 6.07) is 8.65. The standard InChI is InChI=1S/C15H25NO/c1-5-7-12(2)11-16-13(3)14-8-6-9-15(10-14)17-4/h6,8-10,12-13,16H,5,7,11H2,1-4H3/t12?,13-/m0/s1. The molecule has 0 aliphatic rings. The van der Waals surface area contributed by atoms with Gasteiger partial charge >= 0.3 is 0 Å². The Bertz CT molecular complexity index is 324. The Balaban J connectivity index is 2.48. The van der Waals surface area contributed by atoms with Crippen LogP contribution in [0, 0.1) is 5.92 Å². The van der Waals surface area contributed by atoms with Crippen LogP contribution < -0.4 is 10.1 Å². The minimum Gasteiger partial charge on any atom is -0.497 e. The van der Waals surface area contributed by atoms with Crippen LogP contribution in [0.1, 0.15) is 45.2 Å². The van der Waals surface area contributed by atoms with Crippen LogP contribution in [-0.4, -0.2) is 13.7 Å². The van der Waals surface area contributed by atoms with Gasteiger partial charge in [-0.05, 0) is 43.5 Å². The van der Waals surface area contributed by atoms with E-state index in [1.165, 1.54) is 18.4 Å². The second kappa shape index (κ2) is 7.33. The van der Waals surface area contributed by atoms with Crippen LogP contribution >= 0.6 is 0 Å². The minimum atomic E-state index is 0.379. The van der Waals surface area contributed by atoms with Crippen LogP contribution in [0.25, 0.3) is 0 Å². The SMILES string of the molecule is CCCC(C)CN[C@@H](C)c1cccc(OC)c1. The van der Waals surface area contributed by atoms with Crippen molar-refractivity contribution in [3.63, 3.8) is 0 Å². The van der Waals surface area contributed by atoms with Gasteiger partial charge in [-0.1, -0.05) is 32.4 Å². The maximum absolute atomic E-state index is 5.24. The number of benzene rings is 1. The Morgan fingerprint density at radius 2 is 2.06 bits per heavy atom. The van der Waals surface area contributed by atoms with Crippen molar-refractivity contribution in [2.75, 3.05) is 13.7 Å². The zero-order valence-electron chi connectivity index (χ0n) is 11.5. The normalized spacial score (nSPS) is 14.4. The van der Waals surface area contributed by atoms with Gasteiger partial charge in [0.15, 0.2) is 0 Å². The van der Waals surface area contributed by atoms with E-state index < -0.39 is 0 Å². The third-order valence-corrected chi connectivity index (χ3v) is 3.15. The molecule has 0 spiro atoms. The van der Waals surface area contributed by atoms with Crippen LogP contribution in [0.4, 0.5) is 0 Å². The number of hydrogen-bond acceptors (Lipinski definition) is 2. The molecule has 0 aliphatic carbocycles. The van der Waals surface area contributed by atoms with Gasteiger partial charge in [0.05, 0.1) is 7.11 Å². The van der Waals surface area contributed by atoms with Crippen LogP contribution in [-0.2, 0) is 0 Å². The van der Waals surface area contributed by atoms with E-state index in [-0.39, 0.29) is 0 Å². The molecule has 2 heteroatoms. The van der Waals surface area contributed by atoms with Gasteiger partial charge < -0.3 is 10.1 Å². The Labute approximate surface area is 105 Å². The molecule has 96 valence electrons. The Kier molecular flexibility index (Phi) is 6.06. The predicted molar refractivity (Wildman–Crippen MR) is 73.5 cm³/mol. The van der Waals surface area contributed by atoms with Crippen molar-refractivity contribution in [3.05, 3.63) is 29.8 Å². The first-order valence-corrected chi connectivity index (χ1v) is 6.54. The molecular weight excluding hydrogens is 210 g/mol. The highest BCUT2D eigenvalue weighted by atomic mass is 16.5. The maximum atomic E-state index is 5.24. The summed E-state index contributed by atoms with van der Waals surface area (Å²) in [5.74, 6) is 1.67. The van der Waals surface area contributed by atoms with Gasteiger partial charge in [0, 0.05) is 6.04 Å². The van der Waals surface area contributed by atoms with Gasteiger partial charge in [-0.3, -0.25) is 0 Å². The van der Waals surface area contributed by atoms with Gasteiger partial charge in [0.25, 0.3) is 0 Å². The highest BCUT2D eigenvalue weighted by molar-refractivity contribution is 5.30. The second-order valence-electron chi connectivity index (χ2n) is 4.80. The van der Waals surface area contributed by atoms with E-state index in [1.807, 2.05) is 12.1 Å². The molecule has 1 aromatic carbocycles. The average Bonchev–Trinajstić information content (AvgIpc) is 2.36. The molecule has 2 nitrogen and oxygen atoms in total. The van der Waals surface area contributed by atoms with Gasteiger partial charge in [-0.15, -0.1) is 0 Å². The number of rotatable bonds is 7. The Morgan fingerprint density at radius 1 is 1.29 bits per heavy atom. The van der Waals surface area contributed by atoms with Crippen molar-refractivity contribution < 1.29 is 4.74 Å². The molecule has 0 aromatic heterocycles. The van der Waals surface area contributed by atoms with E-state index in [0.29, 0.717) is 6.04 Å². The molecule has 0 aliphatic heterocycles. The van der Waals surface area contributed by atoms with E-state index >= 15 is 0 Å². The quantitative estimate of drug-likeness (QED) is 0.776. The first-order chi connectivity index (χ1) is 8.17. The number of hydrogen-bond donors (Lipinski definition) is 1. The molecular formula is C15H25NO. The molecule has 0 bridgehead atoms. The summed E-state index contributed by atoms with van der Waals surface area (Å²) in [5, 5.41) is 3.58. The highest BCUT2D eigenvalue weighted by Gasteiger charge is 2.07. The first kappa shape index (κ1) is 14.0. The fourth-order valence-corrected chi connectivity index (χ4v) is 2.00. The summed E-state index contributed by atoms with van der Waals surface area (Å²) in [5.41, 5.74) is 1.29. The summed E-state index contributed by atoms with van der Waals surface area (Å²) in [7, 11) is 1.71. The molecule has 0 amide bonds. The Hall–Kier alpha value is -1.02. The summed E-state index contributed by atoms with van der Waals surface area (Å²) in [4.78, 5) is 0. The third-order valence-electron chi connectivity index (χ3n) is 3.15. The van der Waals surface area contributed by atoms with E-state index in [2.05, 4.69) is 38.2 Å². The number of ether oxygens (including phenoxy) is 1. The summed E-state index contributed by atoms with van der Waals surface area (Å²) in [6.45, 7) is 7.82. The average molecular weight is 235 g/mol. The highest BCUT2D eigenvalue weighted by Crippen LogP contribution is 2.19. The van der Waals surface area contributed by atoms with E-state index in [1.54, 1.807) is 7.11 Å². The molecule has 0 heterocycles. The summed E-state index contributed by atoms with van der Waals surface area (Å²) in [6.07, 6.45) is 2.55. The lowest BCUT2D eigenvalue weighted by Crippen LogP contribution is -2.24. The molecule has 1 N–H and O–H groups in total. The van der Waals surface area contributed by atoms with Gasteiger partial charge in [-0.2, -0.15) is 0 Å². The largest absolute Gasteiger partial charge is 0.497 e. The van der Waals surface area contributed by atoms with Crippen LogP contribution in [0.15, 0.2) is 24.3 Å². The molecule has 0 fully saturated rings. The van der Waals surface area contributed by atoms with Crippen molar-refractivity contribution in [1.82, 2.24) is 5.32 Å². The molecule has 17 heavy (non-hydrogen) atoms. The molecule has 1 unspecified atom stereocenters. The topological polar surface area (TPSA) is 21.3 Å². The van der Waals surface area contributed by atoms with E-state index in [0.717, 1.165) is 18.2 Å². The summed E-state index contributed by atoms with van der Waals surface area (Å²) >= 11 is 0. The third kappa shape index (κ3) is 4.78. The van der Waals surface area contributed by atoms with Crippen molar-refractivity contribution in [2.24, 2.45) is 5.92 Å². The minimum absolute atomic E-state index is 0.379. The lowest BCUT2D eigenvalue weighted by molar-refractivity contribution is 0.411. The lowest BCUT2D eigenvalue weighted by Gasteiger charge is -2.18. The fourth-order valence-electron chi connectivity index (χ4n) is 2.00. The van der Waals surface area contributed by atoms with Crippen LogP contribution in [0.5, 0.6) is 5.75 Å². The molecule has 0 saturated carbocycles. The van der Waals surface area contributed by atoms with Crippen molar-refractivity contribution >= 4 is 0 Å². The summed E-state index contributed by atoms with van der Waals surface area (Å²) < 4.78 is 5.24. The maximum Gasteiger partial charge on any atom is 0.119 e. The molecule has 1 rings (SSSR count). The van der Waals surface area contributed by atoms with Crippen molar-refractivity contribution in [1.29, 1.82) is 0 Å². The van der Waals surface area contributed by atoms with Gasteiger partial charge in [0.2, 0.25) is 0 Å². The molecule has 2 atom stereocenters. The zero-order valence-corrected chi connectivity index (χ0v) is 11.5.